The van der Waals surface area contributed by atoms with E-state index in [-0.39, 0.29) is 0 Å². The van der Waals surface area contributed by atoms with Crippen molar-refractivity contribution in [2.75, 3.05) is 5.75 Å². The normalized spacial score (nSPS) is 30.6. The third-order valence-electron chi connectivity index (χ3n) is 0.952. The molecular weight excluding hydrogens is 106 g/mol. The van der Waals surface area contributed by atoms with Gasteiger partial charge in [-0.15, -0.1) is 11.8 Å². The van der Waals surface area contributed by atoms with Crippen molar-refractivity contribution in [1.82, 2.24) is 0 Å². The average molecular weight is 115 g/mol. The average Bonchev–Trinajstić information content (AvgIpc) is 1.87. The summed E-state index contributed by atoms with van der Waals surface area (Å²) < 4.78 is 0. The second-order valence-electron chi connectivity index (χ2n) is 1.75. The van der Waals surface area contributed by atoms with Gasteiger partial charge in [0, 0.05) is 11.8 Å². The van der Waals surface area contributed by atoms with E-state index < -0.39 is 0 Å². The number of thioether (sulfide) groups is 1. The first-order chi connectivity index (χ1) is 3.29. The molecule has 0 saturated heterocycles. The summed E-state index contributed by atoms with van der Waals surface area (Å²) in [4.78, 5) is 1.37. The van der Waals surface area contributed by atoms with Crippen molar-refractivity contribution in [3.05, 3.63) is 11.0 Å². The Morgan fingerprint density at radius 3 is 2.86 bits per heavy atom. The van der Waals surface area contributed by atoms with Gasteiger partial charge in [-0.25, -0.2) is 0 Å². The minimum Gasteiger partial charge on any atom is -0.324 e. The molecule has 40 valence electrons. The number of hydrogen-bond acceptors (Lipinski definition) is 2. The summed E-state index contributed by atoms with van der Waals surface area (Å²) in [5.41, 5.74) is 5.53. The zero-order valence-electron chi connectivity index (χ0n) is 4.35. The van der Waals surface area contributed by atoms with Gasteiger partial charge in [-0.3, -0.25) is 0 Å². The molecule has 1 atom stereocenters. The summed E-state index contributed by atoms with van der Waals surface area (Å²) in [5, 5.41) is 0. The van der Waals surface area contributed by atoms with Gasteiger partial charge in [0.1, 0.15) is 0 Å². The summed E-state index contributed by atoms with van der Waals surface area (Å²) in [6.45, 7) is 2.09. The Bertz CT molecular complexity index is 98.3. The van der Waals surface area contributed by atoms with Crippen LogP contribution in [0, 0.1) is 0 Å². The van der Waals surface area contributed by atoms with Gasteiger partial charge in [0.15, 0.2) is 0 Å². The van der Waals surface area contributed by atoms with E-state index in [9.17, 15) is 0 Å². The fourth-order valence-electron chi connectivity index (χ4n) is 0.625. The highest BCUT2D eigenvalue weighted by atomic mass is 32.2. The fourth-order valence-corrected chi connectivity index (χ4v) is 1.45. The van der Waals surface area contributed by atoms with Crippen molar-refractivity contribution in [3.63, 3.8) is 0 Å². The van der Waals surface area contributed by atoms with E-state index in [4.69, 9.17) is 5.73 Å². The third-order valence-corrected chi connectivity index (χ3v) is 2.10. The smallest absolute Gasteiger partial charge is 0.0329 e. The Morgan fingerprint density at radius 1 is 2.00 bits per heavy atom. The highest BCUT2D eigenvalue weighted by molar-refractivity contribution is 8.03. The maximum atomic E-state index is 5.53. The van der Waals surface area contributed by atoms with Crippen molar-refractivity contribution < 1.29 is 0 Å². The Balaban J connectivity index is 2.50. The molecule has 0 aromatic carbocycles. The Hall–Kier alpha value is 0.0500. The predicted molar refractivity (Wildman–Crippen MR) is 34.2 cm³/mol. The van der Waals surface area contributed by atoms with E-state index in [1.807, 2.05) is 11.8 Å². The first-order valence-corrected chi connectivity index (χ1v) is 3.34. The lowest BCUT2D eigenvalue weighted by molar-refractivity contribution is 0.952. The van der Waals surface area contributed by atoms with E-state index in [0.29, 0.717) is 6.04 Å². The summed E-state index contributed by atoms with van der Waals surface area (Å²) in [5.74, 6) is 1.08. The Kier molecular flexibility index (Phi) is 1.40. The quantitative estimate of drug-likeness (QED) is 0.509. The maximum Gasteiger partial charge on any atom is 0.0329 e. The van der Waals surface area contributed by atoms with E-state index >= 15 is 0 Å². The van der Waals surface area contributed by atoms with Gasteiger partial charge < -0.3 is 5.73 Å². The molecule has 0 aromatic rings. The molecule has 0 aliphatic carbocycles. The number of hydrogen-bond donors (Lipinski definition) is 1. The van der Waals surface area contributed by atoms with Crippen LogP contribution in [0.1, 0.15) is 6.92 Å². The molecule has 0 amide bonds. The van der Waals surface area contributed by atoms with Crippen LogP contribution in [-0.2, 0) is 0 Å². The minimum absolute atomic E-state index is 0.324. The van der Waals surface area contributed by atoms with E-state index in [1.165, 1.54) is 4.91 Å². The standard InChI is InChI=1S/C5H9NS/c1-4-2-5(6)3-7-4/h2,5H,3,6H2,1H3/t5-/m1/s1. The molecule has 7 heavy (non-hydrogen) atoms. The van der Waals surface area contributed by atoms with E-state index in [1.54, 1.807) is 0 Å². The van der Waals surface area contributed by atoms with Gasteiger partial charge in [-0.05, 0) is 11.8 Å². The van der Waals surface area contributed by atoms with Crippen LogP contribution in [0.2, 0.25) is 0 Å². The van der Waals surface area contributed by atoms with Crippen LogP contribution < -0.4 is 5.73 Å². The van der Waals surface area contributed by atoms with Gasteiger partial charge >= 0.3 is 0 Å². The molecule has 0 bridgehead atoms. The van der Waals surface area contributed by atoms with Crippen LogP contribution in [-0.4, -0.2) is 11.8 Å². The summed E-state index contributed by atoms with van der Waals surface area (Å²) in [6.07, 6.45) is 2.10. The molecular formula is C5H9NS. The van der Waals surface area contributed by atoms with Crippen LogP contribution in [0.25, 0.3) is 0 Å². The lowest BCUT2D eigenvalue weighted by Gasteiger charge is -1.89. The van der Waals surface area contributed by atoms with Crippen LogP contribution in [0.5, 0.6) is 0 Å². The molecule has 0 saturated carbocycles. The Labute approximate surface area is 48.0 Å². The lowest BCUT2D eigenvalue weighted by atomic mass is 10.3. The number of allylic oxidation sites excluding steroid dienone is 1. The molecule has 2 N–H and O–H groups in total. The second-order valence-corrected chi connectivity index (χ2v) is 3.02. The number of nitrogens with two attached hydrogens (primary N) is 1. The Morgan fingerprint density at radius 2 is 2.71 bits per heavy atom. The van der Waals surface area contributed by atoms with Crippen molar-refractivity contribution in [2.24, 2.45) is 5.73 Å². The number of rotatable bonds is 0. The van der Waals surface area contributed by atoms with Crippen LogP contribution in [0.3, 0.4) is 0 Å². The molecule has 1 aliphatic rings. The molecule has 1 aliphatic heterocycles. The summed E-state index contributed by atoms with van der Waals surface area (Å²) in [7, 11) is 0. The second kappa shape index (κ2) is 1.88. The molecule has 0 unspecified atom stereocenters. The molecule has 0 spiro atoms. The maximum absolute atomic E-state index is 5.53. The summed E-state index contributed by atoms with van der Waals surface area (Å²) >= 11 is 1.84. The molecule has 0 fully saturated rings. The van der Waals surface area contributed by atoms with Gasteiger partial charge in [0.25, 0.3) is 0 Å². The van der Waals surface area contributed by atoms with Crippen molar-refractivity contribution >= 4 is 11.8 Å². The van der Waals surface area contributed by atoms with Crippen LogP contribution in [0.4, 0.5) is 0 Å². The highest BCUT2D eigenvalue weighted by Gasteiger charge is 2.06. The van der Waals surface area contributed by atoms with Crippen molar-refractivity contribution in [2.45, 2.75) is 13.0 Å². The molecule has 2 heteroatoms. The monoisotopic (exact) mass is 115 g/mol. The molecule has 0 aromatic heterocycles. The molecule has 0 radical (unpaired) electrons. The van der Waals surface area contributed by atoms with Gasteiger partial charge in [0.2, 0.25) is 0 Å². The van der Waals surface area contributed by atoms with Gasteiger partial charge in [0.05, 0.1) is 0 Å². The lowest BCUT2D eigenvalue weighted by Crippen LogP contribution is -2.15. The molecule has 1 heterocycles. The largest absolute Gasteiger partial charge is 0.324 e. The van der Waals surface area contributed by atoms with Crippen molar-refractivity contribution in [3.8, 4) is 0 Å². The zero-order valence-corrected chi connectivity index (χ0v) is 5.16. The fraction of sp³-hybridized carbons (Fsp3) is 0.600. The van der Waals surface area contributed by atoms with Crippen LogP contribution >= 0.6 is 11.8 Å². The van der Waals surface area contributed by atoms with E-state index in [2.05, 4.69) is 13.0 Å². The minimum atomic E-state index is 0.324. The third kappa shape index (κ3) is 1.21. The van der Waals surface area contributed by atoms with E-state index in [0.717, 1.165) is 5.75 Å². The first-order valence-electron chi connectivity index (χ1n) is 2.36. The SMILES string of the molecule is CC1=C[C@@H](N)CS1. The van der Waals surface area contributed by atoms with Crippen molar-refractivity contribution in [1.29, 1.82) is 0 Å². The van der Waals surface area contributed by atoms with Gasteiger partial charge in [-0.2, -0.15) is 0 Å². The van der Waals surface area contributed by atoms with Crippen LogP contribution in [0.15, 0.2) is 11.0 Å². The molecule has 1 nitrogen and oxygen atoms in total. The summed E-state index contributed by atoms with van der Waals surface area (Å²) in [6, 6.07) is 0.324. The zero-order chi connectivity index (χ0) is 5.28. The first kappa shape index (κ1) is 5.19. The molecule has 1 rings (SSSR count). The topological polar surface area (TPSA) is 26.0 Å². The predicted octanol–water partition coefficient (Wildman–Crippen LogP) is 0.964. The van der Waals surface area contributed by atoms with Gasteiger partial charge in [-0.1, -0.05) is 6.08 Å². The highest BCUT2D eigenvalue weighted by Crippen LogP contribution is 2.22.